The number of carbonyl (C=O) groups excluding carboxylic acids is 1. The van der Waals surface area contributed by atoms with E-state index >= 15 is 0 Å². The molecule has 1 amide bonds. The molecule has 2 atom stereocenters. The van der Waals surface area contributed by atoms with Gasteiger partial charge in [-0.1, -0.05) is 18.2 Å². The van der Waals surface area contributed by atoms with Gasteiger partial charge in [-0.15, -0.1) is 0 Å². The van der Waals surface area contributed by atoms with Crippen molar-refractivity contribution in [1.82, 2.24) is 10.3 Å². The molecule has 128 valence electrons. The van der Waals surface area contributed by atoms with Gasteiger partial charge in [0.25, 0.3) is 0 Å². The second-order valence-corrected chi connectivity index (χ2v) is 6.86. The van der Waals surface area contributed by atoms with Gasteiger partial charge in [0.2, 0.25) is 0 Å². The topological polar surface area (TPSA) is 76.8 Å². The maximum Gasteiger partial charge on any atom is 0.410 e. The van der Waals surface area contributed by atoms with Crippen molar-refractivity contribution >= 4 is 6.09 Å². The lowest BCUT2D eigenvalue weighted by Crippen LogP contribution is -2.38. The molecule has 1 aromatic rings. The van der Waals surface area contributed by atoms with E-state index < -0.39 is 5.60 Å². The Hall–Kier alpha value is -1.79. The Kier molecular flexibility index (Phi) is 5.49. The molecule has 1 fully saturated rings. The third kappa shape index (κ3) is 4.36. The number of hydrazine groups is 1. The number of benzene rings is 1. The summed E-state index contributed by atoms with van der Waals surface area (Å²) in [6.07, 6.45) is 0.599. The zero-order chi connectivity index (χ0) is 17.0. The van der Waals surface area contributed by atoms with Crippen molar-refractivity contribution in [2.24, 2.45) is 11.8 Å². The number of nitrogens with one attached hydrogen (secondary N) is 1. The number of para-hydroxylation sites is 1. The van der Waals surface area contributed by atoms with E-state index in [2.05, 4.69) is 5.43 Å². The molecule has 0 radical (unpaired) electrons. The molecule has 2 rings (SSSR count). The van der Waals surface area contributed by atoms with Crippen LogP contribution in [0.25, 0.3) is 0 Å². The number of likely N-dealkylation sites (tertiary alicyclic amines) is 1. The molecule has 2 unspecified atom stereocenters. The number of hydrogen-bond donors (Lipinski definition) is 2. The highest BCUT2D eigenvalue weighted by molar-refractivity contribution is 5.68. The number of nitrogens with zero attached hydrogens (tertiary/aromatic N) is 1. The lowest BCUT2D eigenvalue weighted by Gasteiger charge is -2.26. The smallest absolute Gasteiger partial charge is 0.410 e. The van der Waals surface area contributed by atoms with Crippen LogP contribution in [-0.2, 0) is 4.74 Å². The zero-order valence-corrected chi connectivity index (χ0v) is 14.3. The minimum atomic E-state index is -0.483. The number of amides is 1. The van der Waals surface area contributed by atoms with E-state index in [-0.39, 0.29) is 18.1 Å². The van der Waals surface area contributed by atoms with E-state index in [1.807, 2.05) is 45.0 Å². The van der Waals surface area contributed by atoms with Gasteiger partial charge in [-0.3, -0.25) is 11.3 Å². The van der Waals surface area contributed by atoms with Crippen LogP contribution in [-0.4, -0.2) is 36.8 Å². The highest BCUT2D eigenvalue weighted by Crippen LogP contribution is 2.34. The van der Waals surface area contributed by atoms with Crippen molar-refractivity contribution in [2.45, 2.75) is 38.8 Å². The van der Waals surface area contributed by atoms with Gasteiger partial charge in [0.1, 0.15) is 11.4 Å². The molecular formula is C17H27N3O3. The third-order valence-electron chi connectivity index (χ3n) is 4.00. The summed E-state index contributed by atoms with van der Waals surface area (Å²) in [5.41, 5.74) is 3.41. The number of carbonyl (C=O) groups is 1. The first-order chi connectivity index (χ1) is 10.9. The van der Waals surface area contributed by atoms with E-state index in [4.69, 9.17) is 15.3 Å². The van der Waals surface area contributed by atoms with Gasteiger partial charge in [0.15, 0.2) is 0 Å². The number of hydrogen-bond acceptors (Lipinski definition) is 5. The Morgan fingerprint density at radius 3 is 2.70 bits per heavy atom. The van der Waals surface area contributed by atoms with Crippen LogP contribution in [0.15, 0.2) is 24.3 Å². The second-order valence-electron chi connectivity index (χ2n) is 6.86. The standard InChI is InChI=1S/C17H27N3O3/c1-17(2,3)23-16(21)20-10-9-12(11-20)15(19-18)13-7-5-6-8-14(13)22-4/h5-8,12,15,19H,9-11,18H2,1-4H3. The Morgan fingerprint density at radius 1 is 1.39 bits per heavy atom. The molecule has 0 aromatic heterocycles. The van der Waals surface area contributed by atoms with Crippen molar-refractivity contribution in [3.05, 3.63) is 29.8 Å². The third-order valence-corrected chi connectivity index (χ3v) is 4.00. The molecule has 1 aliphatic rings. The summed E-state index contributed by atoms with van der Waals surface area (Å²) in [7, 11) is 1.65. The van der Waals surface area contributed by atoms with E-state index in [9.17, 15) is 4.79 Å². The zero-order valence-electron chi connectivity index (χ0n) is 14.3. The summed E-state index contributed by atoms with van der Waals surface area (Å²) in [6, 6.07) is 7.73. The monoisotopic (exact) mass is 321 g/mol. The summed E-state index contributed by atoms with van der Waals surface area (Å²) >= 11 is 0. The lowest BCUT2D eigenvalue weighted by atomic mass is 9.92. The van der Waals surface area contributed by atoms with Crippen molar-refractivity contribution in [1.29, 1.82) is 0 Å². The van der Waals surface area contributed by atoms with Crippen LogP contribution in [0.5, 0.6) is 5.75 Å². The Labute approximate surface area is 137 Å². The van der Waals surface area contributed by atoms with Crippen LogP contribution in [0.1, 0.15) is 38.8 Å². The molecule has 6 heteroatoms. The van der Waals surface area contributed by atoms with Crippen molar-refractivity contribution in [3.63, 3.8) is 0 Å². The fraction of sp³-hybridized carbons (Fsp3) is 0.588. The number of ether oxygens (including phenoxy) is 2. The van der Waals surface area contributed by atoms with Gasteiger partial charge in [0, 0.05) is 18.7 Å². The molecule has 0 saturated carbocycles. The van der Waals surface area contributed by atoms with Crippen LogP contribution >= 0.6 is 0 Å². The quantitative estimate of drug-likeness (QED) is 0.658. The highest BCUT2D eigenvalue weighted by atomic mass is 16.6. The molecule has 0 bridgehead atoms. The minimum absolute atomic E-state index is 0.0708. The molecule has 23 heavy (non-hydrogen) atoms. The predicted molar refractivity (Wildman–Crippen MR) is 89.0 cm³/mol. The molecule has 1 aromatic carbocycles. The maximum atomic E-state index is 12.2. The number of nitrogens with two attached hydrogens (primary N) is 1. The normalized spacial score (nSPS) is 19.5. The van der Waals surface area contributed by atoms with Gasteiger partial charge >= 0.3 is 6.09 Å². The second kappa shape index (κ2) is 7.19. The summed E-state index contributed by atoms with van der Waals surface area (Å²) in [4.78, 5) is 14.0. The predicted octanol–water partition coefficient (Wildman–Crippen LogP) is 2.46. The fourth-order valence-corrected chi connectivity index (χ4v) is 2.95. The summed E-state index contributed by atoms with van der Waals surface area (Å²) in [6.45, 7) is 6.90. The van der Waals surface area contributed by atoms with Gasteiger partial charge in [-0.2, -0.15) is 0 Å². The lowest BCUT2D eigenvalue weighted by molar-refractivity contribution is 0.0285. The first-order valence-electron chi connectivity index (χ1n) is 7.92. The van der Waals surface area contributed by atoms with Gasteiger partial charge in [-0.25, -0.2) is 4.79 Å². The van der Waals surface area contributed by atoms with E-state index in [0.29, 0.717) is 13.1 Å². The van der Waals surface area contributed by atoms with Crippen LogP contribution in [0, 0.1) is 5.92 Å². The molecular weight excluding hydrogens is 294 g/mol. The molecule has 0 aliphatic carbocycles. The largest absolute Gasteiger partial charge is 0.496 e. The maximum absolute atomic E-state index is 12.2. The Morgan fingerprint density at radius 2 is 2.09 bits per heavy atom. The van der Waals surface area contributed by atoms with Crippen LogP contribution in [0.2, 0.25) is 0 Å². The van der Waals surface area contributed by atoms with Gasteiger partial charge in [0.05, 0.1) is 13.2 Å². The average molecular weight is 321 g/mol. The van der Waals surface area contributed by atoms with Crippen molar-refractivity contribution in [3.8, 4) is 5.75 Å². The summed E-state index contributed by atoms with van der Waals surface area (Å²) in [5, 5.41) is 0. The van der Waals surface area contributed by atoms with E-state index in [1.54, 1.807) is 12.0 Å². The van der Waals surface area contributed by atoms with Crippen LogP contribution in [0.4, 0.5) is 4.79 Å². The molecule has 1 aliphatic heterocycles. The molecule has 3 N–H and O–H groups in total. The van der Waals surface area contributed by atoms with Crippen molar-refractivity contribution < 1.29 is 14.3 Å². The molecule has 1 saturated heterocycles. The molecule has 0 spiro atoms. The van der Waals surface area contributed by atoms with E-state index in [0.717, 1.165) is 17.7 Å². The molecule has 6 nitrogen and oxygen atoms in total. The van der Waals surface area contributed by atoms with Gasteiger partial charge < -0.3 is 14.4 Å². The Bertz CT molecular complexity index is 542. The number of methoxy groups -OCH3 is 1. The number of rotatable bonds is 4. The van der Waals surface area contributed by atoms with Crippen molar-refractivity contribution in [2.75, 3.05) is 20.2 Å². The van der Waals surface area contributed by atoms with Crippen LogP contribution in [0.3, 0.4) is 0 Å². The summed E-state index contributed by atoms with van der Waals surface area (Å²) in [5.74, 6) is 6.80. The summed E-state index contributed by atoms with van der Waals surface area (Å²) < 4.78 is 10.9. The Balaban J connectivity index is 2.08. The first kappa shape index (κ1) is 17.6. The SMILES string of the molecule is COc1ccccc1C(NN)C1CCN(C(=O)OC(C)(C)C)C1. The highest BCUT2D eigenvalue weighted by Gasteiger charge is 2.35. The first-order valence-corrected chi connectivity index (χ1v) is 7.92. The molecule has 1 heterocycles. The average Bonchev–Trinajstić information content (AvgIpc) is 2.97. The van der Waals surface area contributed by atoms with Gasteiger partial charge in [-0.05, 0) is 39.2 Å². The minimum Gasteiger partial charge on any atom is -0.496 e. The van der Waals surface area contributed by atoms with E-state index in [1.165, 1.54) is 0 Å². The van der Waals surface area contributed by atoms with Crippen LogP contribution < -0.4 is 16.0 Å². The fourth-order valence-electron chi connectivity index (χ4n) is 2.95.